The first-order valence-corrected chi connectivity index (χ1v) is 8.02. The van der Waals surface area contributed by atoms with Gasteiger partial charge < -0.3 is 15.4 Å². The number of nitrogens with zero attached hydrogens (tertiary/aromatic N) is 1. The average Bonchev–Trinajstić information content (AvgIpc) is 2.35. The lowest BCUT2D eigenvalue weighted by Gasteiger charge is -2.18. The van der Waals surface area contributed by atoms with E-state index in [-0.39, 0.29) is 17.8 Å². The van der Waals surface area contributed by atoms with Crippen LogP contribution in [0.4, 0.5) is 0 Å². The fourth-order valence-corrected chi connectivity index (χ4v) is 2.77. The van der Waals surface area contributed by atoms with Crippen LogP contribution in [0.1, 0.15) is 27.2 Å². The molecule has 0 aliphatic rings. The predicted molar refractivity (Wildman–Crippen MR) is 74.9 cm³/mol. The molecule has 18 heavy (non-hydrogen) atoms. The van der Waals surface area contributed by atoms with Crippen molar-refractivity contribution in [1.29, 1.82) is 0 Å². The Labute approximate surface area is 113 Å². The van der Waals surface area contributed by atoms with Crippen LogP contribution in [-0.2, 0) is 20.3 Å². The second kappa shape index (κ2) is 10.5. The van der Waals surface area contributed by atoms with E-state index in [2.05, 4.69) is 0 Å². The standard InChI is InChI=1S/C12H26N2O3S/c1-4-14(5-2)12(15)10-18(16)8-7-11(9-13)17-6-3/h11H,4-10,13H2,1-3H3. The Morgan fingerprint density at radius 2 is 1.94 bits per heavy atom. The Balaban J connectivity index is 3.99. The van der Waals surface area contributed by atoms with Gasteiger partial charge >= 0.3 is 0 Å². The minimum absolute atomic E-state index is 0.0426. The van der Waals surface area contributed by atoms with Crippen molar-refractivity contribution in [2.24, 2.45) is 5.73 Å². The molecule has 0 bridgehead atoms. The quantitative estimate of drug-likeness (QED) is 0.626. The number of rotatable bonds is 10. The van der Waals surface area contributed by atoms with E-state index in [9.17, 15) is 9.00 Å². The largest absolute Gasteiger partial charge is 0.377 e. The van der Waals surface area contributed by atoms with E-state index in [0.29, 0.717) is 38.4 Å². The van der Waals surface area contributed by atoms with Crippen LogP contribution in [0.25, 0.3) is 0 Å². The third kappa shape index (κ3) is 7.08. The van der Waals surface area contributed by atoms with Crippen LogP contribution in [0.5, 0.6) is 0 Å². The zero-order valence-electron chi connectivity index (χ0n) is 11.7. The first-order chi connectivity index (χ1) is 8.58. The SMILES string of the molecule is CCOC(CN)CCS(=O)CC(=O)N(CC)CC. The summed E-state index contributed by atoms with van der Waals surface area (Å²) in [6, 6.07) is 0. The number of ether oxygens (including phenoxy) is 1. The molecule has 0 heterocycles. The highest BCUT2D eigenvalue weighted by Gasteiger charge is 2.15. The van der Waals surface area contributed by atoms with E-state index in [1.807, 2.05) is 20.8 Å². The van der Waals surface area contributed by atoms with Gasteiger partial charge in [-0.15, -0.1) is 0 Å². The maximum Gasteiger partial charge on any atom is 0.235 e. The van der Waals surface area contributed by atoms with Crippen molar-refractivity contribution in [3.8, 4) is 0 Å². The van der Waals surface area contributed by atoms with Gasteiger partial charge in [0.25, 0.3) is 0 Å². The van der Waals surface area contributed by atoms with Gasteiger partial charge in [0.05, 0.1) is 6.10 Å². The van der Waals surface area contributed by atoms with Gasteiger partial charge in [-0.3, -0.25) is 9.00 Å². The molecule has 1 amide bonds. The number of carbonyl (C=O) groups is 1. The molecule has 2 unspecified atom stereocenters. The van der Waals surface area contributed by atoms with Crippen LogP contribution in [0, 0.1) is 0 Å². The number of amides is 1. The van der Waals surface area contributed by atoms with Crippen LogP contribution in [-0.4, -0.2) is 58.9 Å². The molecule has 0 aromatic carbocycles. The molecule has 0 saturated carbocycles. The topological polar surface area (TPSA) is 72.6 Å². The van der Waals surface area contributed by atoms with Gasteiger partial charge in [0.15, 0.2) is 0 Å². The molecule has 0 aliphatic carbocycles. The van der Waals surface area contributed by atoms with E-state index in [0.717, 1.165) is 0 Å². The van der Waals surface area contributed by atoms with Crippen molar-refractivity contribution in [2.75, 3.05) is 37.7 Å². The number of hydrogen-bond acceptors (Lipinski definition) is 4. The van der Waals surface area contributed by atoms with E-state index < -0.39 is 10.8 Å². The summed E-state index contributed by atoms with van der Waals surface area (Å²) in [4.78, 5) is 13.4. The number of nitrogens with two attached hydrogens (primary N) is 1. The second-order valence-corrected chi connectivity index (χ2v) is 5.53. The van der Waals surface area contributed by atoms with Gasteiger partial charge in [-0.2, -0.15) is 0 Å². The maximum atomic E-state index is 11.8. The highest BCUT2D eigenvalue weighted by atomic mass is 32.2. The van der Waals surface area contributed by atoms with Crippen molar-refractivity contribution < 1.29 is 13.7 Å². The molecule has 0 aromatic rings. The molecule has 0 spiro atoms. The van der Waals surface area contributed by atoms with Crippen LogP contribution in [0.3, 0.4) is 0 Å². The van der Waals surface area contributed by atoms with Crippen molar-refractivity contribution >= 4 is 16.7 Å². The first-order valence-electron chi connectivity index (χ1n) is 6.53. The van der Waals surface area contributed by atoms with E-state index in [4.69, 9.17) is 10.5 Å². The average molecular weight is 278 g/mol. The molecule has 0 fully saturated rings. The molecule has 0 radical (unpaired) electrons. The zero-order valence-corrected chi connectivity index (χ0v) is 12.5. The Hall–Kier alpha value is -0.460. The summed E-state index contributed by atoms with van der Waals surface area (Å²) < 4.78 is 17.2. The highest BCUT2D eigenvalue weighted by Crippen LogP contribution is 2.00. The third-order valence-corrected chi connectivity index (χ3v) is 3.99. The lowest BCUT2D eigenvalue weighted by atomic mass is 10.3. The van der Waals surface area contributed by atoms with Gasteiger partial charge in [-0.1, -0.05) is 0 Å². The van der Waals surface area contributed by atoms with Gasteiger partial charge in [0.1, 0.15) is 5.75 Å². The Morgan fingerprint density at radius 3 is 2.39 bits per heavy atom. The molecule has 108 valence electrons. The van der Waals surface area contributed by atoms with Crippen molar-refractivity contribution in [1.82, 2.24) is 4.90 Å². The maximum absolute atomic E-state index is 11.8. The molecular formula is C12H26N2O3S. The van der Waals surface area contributed by atoms with Gasteiger partial charge in [0.2, 0.25) is 5.91 Å². The molecule has 0 aliphatic heterocycles. The van der Waals surface area contributed by atoms with Crippen molar-refractivity contribution in [3.63, 3.8) is 0 Å². The van der Waals surface area contributed by atoms with Crippen LogP contribution >= 0.6 is 0 Å². The highest BCUT2D eigenvalue weighted by molar-refractivity contribution is 7.85. The first kappa shape index (κ1) is 17.5. The molecule has 2 N–H and O–H groups in total. The van der Waals surface area contributed by atoms with Gasteiger partial charge in [0, 0.05) is 42.8 Å². The number of hydrogen-bond donors (Lipinski definition) is 1. The number of carbonyl (C=O) groups excluding carboxylic acids is 1. The van der Waals surface area contributed by atoms with Crippen LogP contribution in [0.2, 0.25) is 0 Å². The normalized spacial score (nSPS) is 14.2. The molecule has 0 saturated heterocycles. The summed E-state index contributed by atoms with van der Waals surface area (Å²) >= 11 is 0. The molecule has 0 aromatic heterocycles. The molecule has 5 nitrogen and oxygen atoms in total. The lowest BCUT2D eigenvalue weighted by molar-refractivity contribution is -0.128. The van der Waals surface area contributed by atoms with Gasteiger partial charge in [-0.05, 0) is 27.2 Å². The lowest BCUT2D eigenvalue weighted by Crippen LogP contribution is -2.35. The van der Waals surface area contributed by atoms with E-state index in [1.165, 1.54) is 0 Å². The minimum Gasteiger partial charge on any atom is -0.377 e. The van der Waals surface area contributed by atoms with Crippen molar-refractivity contribution in [3.05, 3.63) is 0 Å². The summed E-state index contributed by atoms with van der Waals surface area (Å²) in [5, 5.41) is 0. The molecule has 2 atom stereocenters. The second-order valence-electron chi connectivity index (χ2n) is 3.96. The van der Waals surface area contributed by atoms with E-state index >= 15 is 0 Å². The Bertz CT molecular complexity index is 258. The summed E-state index contributed by atoms with van der Waals surface area (Å²) in [6.07, 6.45) is 0.588. The van der Waals surface area contributed by atoms with Crippen LogP contribution in [0.15, 0.2) is 0 Å². The van der Waals surface area contributed by atoms with E-state index in [1.54, 1.807) is 4.90 Å². The molecular weight excluding hydrogens is 252 g/mol. The van der Waals surface area contributed by atoms with Crippen LogP contribution < -0.4 is 5.73 Å². The molecule has 6 heteroatoms. The fourth-order valence-electron chi connectivity index (χ4n) is 1.65. The molecule has 0 rings (SSSR count). The Kier molecular flexibility index (Phi) is 10.2. The fraction of sp³-hybridized carbons (Fsp3) is 0.917. The summed E-state index contributed by atoms with van der Waals surface area (Å²) in [5.41, 5.74) is 5.54. The smallest absolute Gasteiger partial charge is 0.235 e. The minimum atomic E-state index is -1.13. The third-order valence-electron chi connectivity index (χ3n) is 2.73. The van der Waals surface area contributed by atoms with Crippen molar-refractivity contribution in [2.45, 2.75) is 33.3 Å². The predicted octanol–water partition coefficient (Wildman–Crippen LogP) is 0.357. The Morgan fingerprint density at radius 1 is 1.33 bits per heavy atom. The van der Waals surface area contributed by atoms with Gasteiger partial charge in [-0.25, -0.2) is 0 Å². The summed E-state index contributed by atoms with van der Waals surface area (Å²) in [5.74, 6) is 0.527. The summed E-state index contributed by atoms with van der Waals surface area (Å²) in [7, 11) is -1.13. The monoisotopic (exact) mass is 278 g/mol. The zero-order chi connectivity index (χ0) is 14.0. The summed E-state index contributed by atoms with van der Waals surface area (Å²) in [6.45, 7) is 8.10.